The molecule has 2 aliphatic carbocycles. The van der Waals surface area contributed by atoms with Crippen LogP contribution in [0.15, 0.2) is 102 Å². The fourth-order valence-electron chi connectivity index (χ4n) is 9.36. The van der Waals surface area contributed by atoms with E-state index in [0.717, 1.165) is 58.0 Å². The van der Waals surface area contributed by atoms with E-state index in [9.17, 15) is 8.78 Å². The second kappa shape index (κ2) is 19.2. The third kappa shape index (κ3) is 9.91. The summed E-state index contributed by atoms with van der Waals surface area (Å²) in [5.74, 6) is 0.972. The van der Waals surface area contributed by atoms with Crippen LogP contribution < -0.4 is 5.19 Å². The van der Waals surface area contributed by atoms with Gasteiger partial charge in [-0.1, -0.05) is 150 Å². The molecule has 60 heavy (non-hydrogen) atoms. The Morgan fingerprint density at radius 1 is 0.783 bits per heavy atom. The largest absolute Gasteiger partial charge is 0.501 e. The van der Waals surface area contributed by atoms with Crippen LogP contribution in [-0.4, -0.2) is 18.0 Å². The summed E-state index contributed by atoms with van der Waals surface area (Å²) >= 11 is 0. The van der Waals surface area contributed by atoms with E-state index in [4.69, 9.17) is 9.40 Å². The van der Waals surface area contributed by atoms with Crippen molar-refractivity contribution < 1.29 is 33.3 Å². The summed E-state index contributed by atoms with van der Waals surface area (Å²) in [5.41, 5.74) is 9.75. The van der Waals surface area contributed by atoms with Crippen molar-refractivity contribution >= 4 is 35.2 Å². The maximum absolute atomic E-state index is 14.3. The first-order valence-corrected chi connectivity index (χ1v) is 25.3. The summed E-state index contributed by atoms with van der Waals surface area (Å²) in [5, 5.41) is 3.33. The molecular formula is C53H56F2IrN2OSi-2. The van der Waals surface area contributed by atoms with Gasteiger partial charge in [0.2, 0.25) is 0 Å². The number of benzene rings is 4. The second-order valence-electron chi connectivity index (χ2n) is 18.4. The van der Waals surface area contributed by atoms with Gasteiger partial charge in [0.15, 0.2) is 0 Å². The van der Waals surface area contributed by atoms with E-state index in [2.05, 4.69) is 93.2 Å². The quantitative estimate of drug-likeness (QED) is 0.107. The molecule has 7 heteroatoms. The van der Waals surface area contributed by atoms with Crippen molar-refractivity contribution in [1.29, 1.82) is 0 Å². The van der Waals surface area contributed by atoms with Gasteiger partial charge in [-0.05, 0) is 71.1 Å². The van der Waals surface area contributed by atoms with Crippen LogP contribution in [0, 0.1) is 35.6 Å². The van der Waals surface area contributed by atoms with E-state index in [1.54, 1.807) is 12.1 Å². The van der Waals surface area contributed by atoms with Crippen LogP contribution in [0.3, 0.4) is 0 Å². The van der Waals surface area contributed by atoms with Crippen molar-refractivity contribution in [2.24, 2.45) is 11.8 Å². The molecule has 3 heterocycles. The smallest absolute Gasteiger partial charge is 0.133 e. The van der Waals surface area contributed by atoms with Gasteiger partial charge in [0.1, 0.15) is 17.2 Å². The molecule has 0 bridgehead atoms. The molecule has 313 valence electrons. The predicted molar refractivity (Wildman–Crippen MR) is 243 cm³/mol. The Balaban J connectivity index is 0.000000184. The number of pyridine rings is 2. The third-order valence-corrected chi connectivity index (χ3v) is 14.4. The Kier molecular flexibility index (Phi) is 14.0. The van der Waals surface area contributed by atoms with Gasteiger partial charge in [-0.3, -0.25) is 0 Å². The summed E-state index contributed by atoms with van der Waals surface area (Å²) in [6.45, 7) is 11.9. The van der Waals surface area contributed by atoms with Gasteiger partial charge in [-0.25, -0.2) is 8.78 Å². The van der Waals surface area contributed by atoms with Crippen molar-refractivity contribution in [3.05, 3.63) is 138 Å². The van der Waals surface area contributed by atoms with Gasteiger partial charge in [0, 0.05) is 37.9 Å². The standard InChI is InChI=1S/C29H22F2NO.C24H34NSi.Ir/c30-24-9-4-10-25(31)28(24)20-11-12-21-22-7-3-8-23(29(22)33-27(21)17-20)26-16-19(13-14-32-26)15-18-5-1-2-6-18;1-18(2)15-22-16-23(25-17-24(22)26(3,4)5)21-13-11-20(12-14-21)19-9-7-6-8-10-19;/h3-4,7,9-14,16-18H,1-2,5-6,15H2;11-13,16-19H,6-10,15H2,1-5H3;/q2*-1;. The second-order valence-corrected chi connectivity index (χ2v) is 23.4. The maximum Gasteiger partial charge on any atom is 0.133 e. The molecule has 2 saturated carbocycles. The van der Waals surface area contributed by atoms with Crippen molar-refractivity contribution in [2.75, 3.05) is 0 Å². The number of nitrogens with zero attached hydrogens (tertiary/aromatic N) is 2. The first-order chi connectivity index (χ1) is 28.5. The Morgan fingerprint density at radius 3 is 2.23 bits per heavy atom. The van der Waals surface area contributed by atoms with E-state index < -0.39 is 19.7 Å². The molecule has 1 radical (unpaired) electrons. The average molecular weight is 995 g/mol. The van der Waals surface area contributed by atoms with Crippen LogP contribution >= 0.6 is 0 Å². The number of hydrogen-bond acceptors (Lipinski definition) is 3. The Hall–Kier alpha value is -4.29. The summed E-state index contributed by atoms with van der Waals surface area (Å²) in [6.07, 6.45) is 18.3. The van der Waals surface area contributed by atoms with Crippen molar-refractivity contribution in [3.8, 4) is 33.6 Å². The summed E-state index contributed by atoms with van der Waals surface area (Å²) in [4.78, 5) is 9.43. The molecule has 0 spiro atoms. The molecule has 0 N–H and O–H groups in total. The molecule has 2 fully saturated rings. The monoisotopic (exact) mass is 995 g/mol. The number of rotatable bonds is 9. The van der Waals surface area contributed by atoms with Crippen LogP contribution in [0.1, 0.15) is 94.2 Å². The Labute approximate surface area is 369 Å². The Morgan fingerprint density at radius 2 is 1.53 bits per heavy atom. The molecule has 0 saturated heterocycles. The van der Waals surface area contributed by atoms with Crippen molar-refractivity contribution in [1.82, 2.24) is 9.97 Å². The normalized spacial score (nSPS) is 15.0. The van der Waals surface area contributed by atoms with Gasteiger partial charge in [-0.2, -0.15) is 0 Å². The van der Waals surface area contributed by atoms with Crippen LogP contribution in [0.5, 0.6) is 0 Å². The molecule has 0 amide bonds. The topological polar surface area (TPSA) is 38.9 Å². The molecule has 9 rings (SSSR count). The first-order valence-electron chi connectivity index (χ1n) is 21.8. The number of hydrogen-bond donors (Lipinski definition) is 0. The fourth-order valence-corrected chi connectivity index (χ4v) is 11.0. The molecule has 0 atom stereocenters. The third-order valence-electron chi connectivity index (χ3n) is 12.4. The van der Waals surface area contributed by atoms with Crippen LogP contribution in [0.25, 0.3) is 55.6 Å². The summed E-state index contributed by atoms with van der Waals surface area (Å²) in [7, 11) is -1.37. The predicted octanol–water partition coefficient (Wildman–Crippen LogP) is 14.5. The van der Waals surface area contributed by atoms with Gasteiger partial charge in [-0.15, -0.1) is 53.6 Å². The van der Waals surface area contributed by atoms with Gasteiger partial charge in [0.05, 0.1) is 19.2 Å². The van der Waals surface area contributed by atoms with Crippen LogP contribution in [-0.2, 0) is 32.9 Å². The Bertz CT molecular complexity index is 2530. The zero-order valence-electron chi connectivity index (χ0n) is 35.6. The number of furan rings is 1. The minimum absolute atomic E-state index is 0. The molecule has 2 aliphatic rings. The van der Waals surface area contributed by atoms with E-state index in [0.29, 0.717) is 22.6 Å². The van der Waals surface area contributed by atoms with E-state index in [-0.39, 0.29) is 25.7 Å². The summed E-state index contributed by atoms with van der Waals surface area (Å²) < 4.78 is 34.9. The average Bonchev–Trinajstić information content (AvgIpc) is 3.88. The van der Waals surface area contributed by atoms with Crippen molar-refractivity contribution in [3.63, 3.8) is 0 Å². The fraction of sp³-hybridized carbons (Fsp3) is 0.358. The van der Waals surface area contributed by atoms with E-state index >= 15 is 0 Å². The molecule has 7 aromatic rings. The SMILES string of the molecule is CC(C)Cc1cc(-c2[c-]cc(C3CCCCC3)cc2)ncc1[Si](C)(C)C.Fc1cccc(F)c1-c1ccc2c(c1)oc1c(-c3cc(CC4CCCC4)ccn3)[c-]ccc12.[Ir]. The number of halogens is 2. The molecular weight excluding hydrogens is 939 g/mol. The van der Waals surface area contributed by atoms with E-state index in [1.807, 2.05) is 24.4 Å². The van der Waals surface area contributed by atoms with Gasteiger partial charge in [0.25, 0.3) is 0 Å². The summed E-state index contributed by atoms with van der Waals surface area (Å²) in [6, 6.07) is 33.2. The molecule has 0 unspecified atom stereocenters. The van der Waals surface area contributed by atoms with E-state index in [1.165, 1.54) is 97.9 Å². The van der Waals surface area contributed by atoms with Gasteiger partial charge < -0.3 is 14.4 Å². The zero-order chi connectivity index (χ0) is 41.1. The molecule has 0 aliphatic heterocycles. The molecule has 3 aromatic heterocycles. The minimum Gasteiger partial charge on any atom is -0.501 e. The molecule has 4 aromatic carbocycles. The first kappa shape index (κ1) is 43.8. The van der Waals surface area contributed by atoms with Gasteiger partial charge >= 0.3 is 0 Å². The zero-order valence-corrected chi connectivity index (χ0v) is 39.0. The van der Waals surface area contributed by atoms with Crippen LogP contribution in [0.2, 0.25) is 19.6 Å². The molecule has 3 nitrogen and oxygen atoms in total. The number of aromatic nitrogens is 2. The van der Waals surface area contributed by atoms with Crippen LogP contribution in [0.4, 0.5) is 8.78 Å². The maximum atomic E-state index is 14.3. The van der Waals surface area contributed by atoms with Crippen molar-refractivity contribution in [2.45, 2.75) is 110 Å². The number of fused-ring (bicyclic) bond motifs is 3. The minimum atomic E-state index is -1.37.